The van der Waals surface area contributed by atoms with Crippen molar-refractivity contribution >= 4 is 6.09 Å². The number of aliphatic hydroxyl groups is 1. The summed E-state index contributed by atoms with van der Waals surface area (Å²) in [5, 5.41) is 9.60. The van der Waals surface area contributed by atoms with Crippen molar-refractivity contribution in [2.24, 2.45) is 0 Å². The minimum atomic E-state index is -0.360. The molecule has 0 saturated carbocycles. The summed E-state index contributed by atoms with van der Waals surface area (Å²) >= 11 is 0. The number of nitrogens with zero attached hydrogens (tertiary/aromatic N) is 1. The Labute approximate surface area is 124 Å². The van der Waals surface area contributed by atoms with Crippen molar-refractivity contribution in [3.8, 4) is 0 Å². The summed E-state index contributed by atoms with van der Waals surface area (Å²) in [5.74, 6) is 0. The van der Waals surface area contributed by atoms with E-state index >= 15 is 0 Å². The monoisotopic (exact) mass is 291 g/mol. The Kier molecular flexibility index (Phi) is 4.12. The number of ether oxygens (including phenoxy) is 2. The quantitative estimate of drug-likeness (QED) is 0.904. The average Bonchev–Trinajstić information content (AvgIpc) is 2.87. The van der Waals surface area contributed by atoms with Gasteiger partial charge in [-0.3, -0.25) is 0 Å². The number of carbonyl (C=O) groups excluding carboxylic acids is 1. The summed E-state index contributed by atoms with van der Waals surface area (Å²) < 4.78 is 11.1. The molecular formula is C16H21NO4. The van der Waals surface area contributed by atoms with Crippen molar-refractivity contribution in [2.45, 2.75) is 37.6 Å². The molecule has 3 rings (SSSR count). The topological polar surface area (TPSA) is 59.0 Å². The normalized spacial score (nSPS) is 24.2. The van der Waals surface area contributed by atoms with Crippen LogP contribution < -0.4 is 0 Å². The van der Waals surface area contributed by atoms with Gasteiger partial charge in [-0.25, -0.2) is 4.79 Å². The summed E-state index contributed by atoms with van der Waals surface area (Å²) in [6.07, 6.45) is 1.59. The number of piperidine rings is 1. The van der Waals surface area contributed by atoms with Gasteiger partial charge in [0.25, 0.3) is 0 Å². The Bertz CT molecular complexity index is 482. The fourth-order valence-electron chi connectivity index (χ4n) is 3.08. The first-order valence-corrected chi connectivity index (χ1v) is 7.45. The van der Waals surface area contributed by atoms with E-state index in [9.17, 15) is 9.90 Å². The van der Waals surface area contributed by atoms with Crippen molar-refractivity contribution < 1.29 is 19.4 Å². The van der Waals surface area contributed by atoms with E-state index in [4.69, 9.17) is 9.47 Å². The highest BCUT2D eigenvalue weighted by Gasteiger charge is 2.43. The van der Waals surface area contributed by atoms with Crippen molar-refractivity contribution in [1.82, 2.24) is 4.90 Å². The summed E-state index contributed by atoms with van der Waals surface area (Å²) in [6, 6.07) is 9.66. The molecule has 114 valence electrons. The number of hydrogen-bond acceptors (Lipinski definition) is 4. The maximum atomic E-state index is 12.1. The first-order valence-electron chi connectivity index (χ1n) is 7.45. The van der Waals surface area contributed by atoms with Crippen LogP contribution in [0.3, 0.4) is 0 Å². The highest BCUT2D eigenvalue weighted by molar-refractivity contribution is 5.67. The third kappa shape index (κ3) is 3.36. The van der Waals surface area contributed by atoms with E-state index in [1.165, 1.54) is 0 Å². The highest BCUT2D eigenvalue weighted by Crippen LogP contribution is 2.35. The van der Waals surface area contributed by atoms with E-state index in [2.05, 4.69) is 0 Å². The number of rotatable bonds is 2. The second kappa shape index (κ2) is 6.03. The molecule has 1 unspecified atom stereocenters. The second-order valence-corrected chi connectivity index (χ2v) is 5.88. The molecule has 0 aromatic heterocycles. The van der Waals surface area contributed by atoms with Crippen LogP contribution in [-0.4, -0.2) is 47.5 Å². The lowest BCUT2D eigenvalue weighted by Crippen LogP contribution is -2.46. The number of benzene rings is 1. The minimum Gasteiger partial charge on any atom is -0.445 e. The summed E-state index contributed by atoms with van der Waals surface area (Å²) in [4.78, 5) is 13.8. The Morgan fingerprint density at radius 1 is 1.33 bits per heavy atom. The van der Waals surface area contributed by atoms with Crippen LogP contribution in [0.2, 0.25) is 0 Å². The molecule has 2 saturated heterocycles. The van der Waals surface area contributed by atoms with E-state index in [-0.39, 0.29) is 17.8 Å². The fourth-order valence-corrected chi connectivity index (χ4v) is 3.08. The predicted molar refractivity (Wildman–Crippen MR) is 76.7 cm³/mol. The lowest BCUT2D eigenvalue weighted by Gasteiger charge is -2.37. The van der Waals surface area contributed by atoms with Gasteiger partial charge in [0.1, 0.15) is 6.61 Å². The maximum Gasteiger partial charge on any atom is 0.410 e. The Morgan fingerprint density at radius 2 is 2.05 bits per heavy atom. The molecule has 2 fully saturated rings. The first kappa shape index (κ1) is 14.4. The molecular weight excluding hydrogens is 270 g/mol. The van der Waals surface area contributed by atoms with E-state index in [0.29, 0.717) is 32.7 Å². The third-order valence-corrected chi connectivity index (χ3v) is 4.33. The zero-order valence-corrected chi connectivity index (χ0v) is 12.0. The third-order valence-electron chi connectivity index (χ3n) is 4.33. The van der Waals surface area contributed by atoms with Gasteiger partial charge >= 0.3 is 6.09 Å². The largest absolute Gasteiger partial charge is 0.445 e. The molecule has 21 heavy (non-hydrogen) atoms. The number of likely N-dealkylation sites (tertiary alicyclic amines) is 1. The van der Waals surface area contributed by atoms with Gasteiger partial charge < -0.3 is 19.5 Å². The van der Waals surface area contributed by atoms with Gasteiger partial charge in [0.05, 0.1) is 18.3 Å². The first-order chi connectivity index (χ1) is 10.2. The number of aliphatic hydroxyl groups excluding tert-OH is 1. The van der Waals surface area contributed by atoms with Gasteiger partial charge in [-0.1, -0.05) is 30.3 Å². The van der Waals surface area contributed by atoms with Crippen LogP contribution in [0.1, 0.15) is 24.8 Å². The van der Waals surface area contributed by atoms with Gasteiger partial charge in [0.2, 0.25) is 0 Å². The molecule has 1 amide bonds. The van der Waals surface area contributed by atoms with Crippen LogP contribution >= 0.6 is 0 Å². The molecule has 2 aliphatic rings. The highest BCUT2D eigenvalue weighted by atomic mass is 16.6. The average molecular weight is 291 g/mol. The van der Waals surface area contributed by atoms with Crippen molar-refractivity contribution in [2.75, 3.05) is 19.7 Å². The van der Waals surface area contributed by atoms with Gasteiger partial charge in [-0.15, -0.1) is 0 Å². The molecule has 1 N–H and O–H groups in total. The van der Waals surface area contributed by atoms with E-state index in [1.54, 1.807) is 4.90 Å². The summed E-state index contributed by atoms with van der Waals surface area (Å²) in [6.45, 7) is 1.97. The lowest BCUT2D eigenvalue weighted by atomic mass is 9.88. The molecule has 0 aliphatic carbocycles. The molecule has 5 nitrogen and oxygen atoms in total. The second-order valence-electron chi connectivity index (χ2n) is 5.88. The Morgan fingerprint density at radius 3 is 2.67 bits per heavy atom. The van der Waals surface area contributed by atoms with Crippen molar-refractivity contribution in [1.29, 1.82) is 0 Å². The van der Waals surface area contributed by atoms with Crippen LogP contribution in [0.4, 0.5) is 4.79 Å². The lowest BCUT2D eigenvalue weighted by molar-refractivity contribution is -0.0430. The zero-order chi connectivity index (χ0) is 14.7. The number of amides is 1. The molecule has 1 spiro atoms. The van der Waals surface area contributed by atoms with E-state index in [1.807, 2.05) is 30.3 Å². The Hall–Kier alpha value is -1.59. The molecule has 5 heteroatoms. The standard InChI is InChI=1S/C16H21NO4/c18-14-10-16(21-12-14)6-8-17(9-7-16)15(19)20-11-13-4-2-1-3-5-13/h1-5,14,18H,6-12H2. The molecule has 2 aliphatic heterocycles. The molecule has 1 aromatic carbocycles. The number of carbonyl (C=O) groups is 1. The SMILES string of the molecule is O=C(OCc1ccccc1)N1CCC2(CC1)CC(O)CO2. The van der Waals surface area contributed by atoms with E-state index < -0.39 is 0 Å². The van der Waals surface area contributed by atoms with Crippen LogP contribution in [0, 0.1) is 0 Å². The van der Waals surface area contributed by atoms with Gasteiger partial charge in [0, 0.05) is 19.5 Å². The number of hydrogen-bond donors (Lipinski definition) is 1. The molecule has 1 atom stereocenters. The minimum absolute atomic E-state index is 0.227. The smallest absolute Gasteiger partial charge is 0.410 e. The van der Waals surface area contributed by atoms with Crippen LogP contribution in [0.15, 0.2) is 30.3 Å². The van der Waals surface area contributed by atoms with Crippen LogP contribution in [-0.2, 0) is 16.1 Å². The van der Waals surface area contributed by atoms with Crippen molar-refractivity contribution in [3.05, 3.63) is 35.9 Å². The molecule has 0 bridgehead atoms. The Balaban J connectivity index is 1.47. The fraction of sp³-hybridized carbons (Fsp3) is 0.562. The molecule has 0 radical (unpaired) electrons. The van der Waals surface area contributed by atoms with E-state index in [0.717, 1.165) is 18.4 Å². The van der Waals surface area contributed by atoms with Gasteiger partial charge in [-0.05, 0) is 18.4 Å². The maximum absolute atomic E-state index is 12.1. The van der Waals surface area contributed by atoms with Crippen molar-refractivity contribution in [3.63, 3.8) is 0 Å². The van der Waals surface area contributed by atoms with Gasteiger partial charge in [-0.2, -0.15) is 0 Å². The predicted octanol–water partition coefficient (Wildman–Crippen LogP) is 1.94. The van der Waals surface area contributed by atoms with Crippen LogP contribution in [0.5, 0.6) is 0 Å². The van der Waals surface area contributed by atoms with Crippen LogP contribution in [0.25, 0.3) is 0 Å². The zero-order valence-electron chi connectivity index (χ0n) is 12.0. The van der Waals surface area contributed by atoms with Gasteiger partial charge in [0.15, 0.2) is 0 Å². The summed E-state index contributed by atoms with van der Waals surface area (Å²) in [5.41, 5.74) is 0.761. The summed E-state index contributed by atoms with van der Waals surface area (Å²) in [7, 11) is 0. The molecule has 1 aromatic rings. The molecule has 2 heterocycles.